The number of carbonyl (C=O) groups excluding carboxylic acids is 2. The van der Waals surface area contributed by atoms with Gasteiger partial charge >= 0.3 is 0 Å². The molecule has 6 rings (SSSR count). The molecule has 1 atom stereocenters. The minimum atomic E-state index is -0.842. The standard InChI is InChI=1S/C32H29F2N5O2S/c1-20(35-30(40)15-22-13-24(33)16-25(34)14-22)31(41)36-26-9-7-23(8-10-26)27-18-39-28-11-12-38(17-21-5-3-2-4-6-21)19-29(28)42-32(39)37-27/h2-10,13-14,16,18,20H,11-12,15,17,19H2,1H3,(H,35,40)(H,36,41)/t20-/m0/s1. The van der Waals surface area contributed by atoms with Gasteiger partial charge in [-0.15, -0.1) is 0 Å². The van der Waals surface area contributed by atoms with Crippen molar-refractivity contribution in [2.24, 2.45) is 0 Å². The van der Waals surface area contributed by atoms with Crippen LogP contribution in [-0.4, -0.2) is 38.7 Å². The molecule has 5 aromatic rings. The van der Waals surface area contributed by atoms with Crippen molar-refractivity contribution in [1.82, 2.24) is 19.6 Å². The van der Waals surface area contributed by atoms with Crippen molar-refractivity contribution in [3.63, 3.8) is 0 Å². The normalized spacial score (nSPS) is 14.0. The summed E-state index contributed by atoms with van der Waals surface area (Å²) in [6.45, 7) is 4.41. The molecule has 0 saturated heterocycles. The summed E-state index contributed by atoms with van der Waals surface area (Å²) in [6, 6.07) is 20.0. The van der Waals surface area contributed by atoms with Gasteiger partial charge in [0.05, 0.1) is 12.1 Å². The fourth-order valence-corrected chi connectivity index (χ4v) is 6.40. The van der Waals surface area contributed by atoms with E-state index >= 15 is 0 Å². The highest BCUT2D eigenvalue weighted by Crippen LogP contribution is 2.32. The first-order valence-corrected chi connectivity index (χ1v) is 14.5. The molecule has 2 N–H and O–H groups in total. The number of amides is 2. The van der Waals surface area contributed by atoms with Crippen LogP contribution in [0.15, 0.2) is 79.0 Å². The van der Waals surface area contributed by atoms with Gasteiger partial charge in [-0.25, -0.2) is 13.8 Å². The van der Waals surface area contributed by atoms with Crippen LogP contribution >= 0.6 is 11.3 Å². The summed E-state index contributed by atoms with van der Waals surface area (Å²) in [4.78, 5) is 34.6. The van der Waals surface area contributed by atoms with Gasteiger partial charge in [0.25, 0.3) is 0 Å². The van der Waals surface area contributed by atoms with Crippen LogP contribution in [-0.2, 0) is 35.5 Å². The molecule has 0 spiro atoms. The molecule has 0 aliphatic carbocycles. The Morgan fingerprint density at radius 2 is 1.74 bits per heavy atom. The molecule has 2 amide bonds. The zero-order chi connectivity index (χ0) is 29.2. The molecule has 0 unspecified atom stereocenters. The topological polar surface area (TPSA) is 78.7 Å². The Morgan fingerprint density at radius 3 is 2.48 bits per heavy atom. The minimum absolute atomic E-state index is 0.192. The second kappa shape index (κ2) is 11.8. The molecule has 10 heteroatoms. The maximum atomic E-state index is 13.4. The number of carbonyl (C=O) groups is 2. The third-order valence-electron chi connectivity index (χ3n) is 7.29. The number of anilines is 1. The van der Waals surface area contributed by atoms with E-state index in [4.69, 9.17) is 4.98 Å². The Bertz CT molecular complexity index is 1730. The van der Waals surface area contributed by atoms with Gasteiger partial charge in [0, 0.05) is 60.1 Å². The maximum absolute atomic E-state index is 13.4. The van der Waals surface area contributed by atoms with E-state index in [0.717, 1.165) is 60.5 Å². The number of nitrogens with zero attached hydrogens (tertiary/aromatic N) is 3. The number of imidazole rings is 1. The number of thiazole rings is 1. The number of benzene rings is 3. The summed E-state index contributed by atoms with van der Waals surface area (Å²) < 4.78 is 29.0. The van der Waals surface area contributed by atoms with Gasteiger partial charge < -0.3 is 10.6 Å². The lowest BCUT2D eigenvalue weighted by molar-refractivity contribution is -0.125. The summed E-state index contributed by atoms with van der Waals surface area (Å²) in [5.74, 6) is -2.43. The monoisotopic (exact) mass is 585 g/mol. The first-order chi connectivity index (χ1) is 20.3. The highest BCUT2D eigenvalue weighted by molar-refractivity contribution is 7.17. The van der Waals surface area contributed by atoms with Crippen LogP contribution in [0.1, 0.15) is 28.6 Å². The molecular weight excluding hydrogens is 556 g/mol. The van der Waals surface area contributed by atoms with E-state index in [0.29, 0.717) is 5.69 Å². The Labute approximate surface area is 245 Å². The Kier molecular flexibility index (Phi) is 7.82. The van der Waals surface area contributed by atoms with Crippen molar-refractivity contribution in [3.8, 4) is 11.3 Å². The predicted molar refractivity (Wildman–Crippen MR) is 159 cm³/mol. The van der Waals surface area contributed by atoms with E-state index in [1.807, 2.05) is 18.2 Å². The van der Waals surface area contributed by atoms with E-state index in [-0.39, 0.29) is 12.0 Å². The van der Waals surface area contributed by atoms with Crippen LogP contribution in [0.5, 0.6) is 0 Å². The third kappa shape index (κ3) is 6.24. The lowest BCUT2D eigenvalue weighted by atomic mass is 10.1. The van der Waals surface area contributed by atoms with Gasteiger partial charge in [0.2, 0.25) is 11.8 Å². The van der Waals surface area contributed by atoms with E-state index in [9.17, 15) is 18.4 Å². The van der Waals surface area contributed by atoms with Crippen LogP contribution in [0.4, 0.5) is 14.5 Å². The maximum Gasteiger partial charge on any atom is 0.246 e. The van der Waals surface area contributed by atoms with Crippen LogP contribution in [0.2, 0.25) is 0 Å². The molecule has 0 saturated carbocycles. The highest BCUT2D eigenvalue weighted by Gasteiger charge is 2.23. The number of aromatic nitrogens is 2. The van der Waals surface area contributed by atoms with Gasteiger partial charge in [0.1, 0.15) is 17.7 Å². The summed E-state index contributed by atoms with van der Waals surface area (Å²) in [5, 5.41) is 5.36. The number of fused-ring (bicyclic) bond motifs is 3. The van der Waals surface area contributed by atoms with Gasteiger partial charge in [0.15, 0.2) is 4.96 Å². The number of hydrogen-bond acceptors (Lipinski definition) is 5. The first-order valence-electron chi connectivity index (χ1n) is 13.7. The molecule has 1 aliphatic heterocycles. The number of nitrogens with one attached hydrogen (secondary N) is 2. The van der Waals surface area contributed by atoms with E-state index in [1.165, 1.54) is 16.1 Å². The number of hydrogen-bond donors (Lipinski definition) is 2. The second-order valence-corrected chi connectivity index (χ2v) is 11.6. The van der Waals surface area contributed by atoms with Crippen LogP contribution in [0.25, 0.3) is 16.2 Å². The molecule has 1 aliphatic rings. The van der Waals surface area contributed by atoms with Crippen molar-refractivity contribution < 1.29 is 18.4 Å². The molecule has 2 aromatic heterocycles. The second-order valence-electron chi connectivity index (χ2n) is 10.5. The lowest BCUT2D eigenvalue weighted by Gasteiger charge is -2.26. The minimum Gasteiger partial charge on any atom is -0.344 e. The number of rotatable bonds is 8. The Morgan fingerprint density at radius 1 is 1.00 bits per heavy atom. The first kappa shape index (κ1) is 27.7. The average Bonchev–Trinajstić information content (AvgIpc) is 3.51. The predicted octanol–water partition coefficient (Wildman–Crippen LogP) is 5.59. The summed E-state index contributed by atoms with van der Waals surface area (Å²) in [5.41, 5.74) is 5.21. The van der Waals surface area contributed by atoms with E-state index < -0.39 is 29.5 Å². The van der Waals surface area contributed by atoms with E-state index in [2.05, 4.69) is 50.4 Å². The zero-order valence-electron chi connectivity index (χ0n) is 22.9. The largest absolute Gasteiger partial charge is 0.344 e. The molecule has 3 heterocycles. The molecule has 42 heavy (non-hydrogen) atoms. The summed E-state index contributed by atoms with van der Waals surface area (Å²) in [6.07, 6.45) is 2.81. The molecule has 0 bridgehead atoms. The van der Waals surface area contributed by atoms with Crippen molar-refractivity contribution >= 4 is 33.8 Å². The van der Waals surface area contributed by atoms with Crippen molar-refractivity contribution in [2.75, 3.05) is 11.9 Å². The molecular formula is C32H29F2N5O2S. The molecule has 214 valence electrons. The smallest absolute Gasteiger partial charge is 0.246 e. The summed E-state index contributed by atoms with van der Waals surface area (Å²) >= 11 is 1.73. The highest BCUT2D eigenvalue weighted by atomic mass is 32.1. The third-order valence-corrected chi connectivity index (χ3v) is 8.37. The number of halogens is 2. The van der Waals surface area contributed by atoms with Gasteiger partial charge in [-0.3, -0.25) is 18.9 Å². The summed E-state index contributed by atoms with van der Waals surface area (Å²) in [7, 11) is 0. The zero-order valence-corrected chi connectivity index (χ0v) is 23.8. The van der Waals surface area contributed by atoms with Crippen molar-refractivity contribution in [3.05, 3.63) is 112 Å². The van der Waals surface area contributed by atoms with Gasteiger partial charge in [-0.1, -0.05) is 53.8 Å². The Hall–Kier alpha value is -4.41. The fourth-order valence-electron chi connectivity index (χ4n) is 5.21. The molecule has 0 radical (unpaired) electrons. The SMILES string of the molecule is C[C@H](NC(=O)Cc1cc(F)cc(F)c1)C(=O)Nc1ccc(-c2cn3c4c(sc3n2)CN(Cc2ccccc2)CC4)cc1. The molecule has 0 fully saturated rings. The lowest BCUT2D eigenvalue weighted by Crippen LogP contribution is -2.42. The van der Waals surface area contributed by atoms with Crippen LogP contribution in [0, 0.1) is 11.6 Å². The van der Waals surface area contributed by atoms with Crippen LogP contribution in [0.3, 0.4) is 0 Å². The quantitative estimate of drug-likeness (QED) is 0.249. The van der Waals surface area contributed by atoms with Crippen molar-refractivity contribution in [2.45, 2.75) is 38.9 Å². The fraction of sp³-hybridized carbons (Fsp3) is 0.219. The van der Waals surface area contributed by atoms with Gasteiger partial charge in [-0.2, -0.15) is 0 Å². The van der Waals surface area contributed by atoms with E-state index in [1.54, 1.807) is 30.4 Å². The van der Waals surface area contributed by atoms with Gasteiger partial charge in [-0.05, 0) is 42.3 Å². The van der Waals surface area contributed by atoms with Crippen LogP contribution < -0.4 is 10.6 Å². The molecule has 7 nitrogen and oxygen atoms in total. The average molecular weight is 586 g/mol. The van der Waals surface area contributed by atoms with Crippen molar-refractivity contribution in [1.29, 1.82) is 0 Å². The molecule has 3 aromatic carbocycles. The Balaban J connectivity index is 1.05.